The van der Waals surface area contributed by atoms with Crippen LogP contribution in [0, 0.1) is 23.2 Å². The van der Waals surface area contributed by atoms with Crippen LogP contribution in [0.15, 0.2) is 41.4 Å². The first-order valence-corrected chi connectivity index (χ1v) is 18.3. The molecular weight excluding hydrogens is 674 g/mol. The van der Waals surface area contributed by atoms with Gasteiger partial charge in [0.15, 0.2) is 0 Å². The van der Waals surface area contributed by atoms with E-state index < -0.39 is 29.7 Å². The lowest BCUT2D eigenvalue weighted by molar-refractivity contribution is -0.136. The number of methoxy groups -OCH3 is 2. The van der Waals surface area contributed by atoms with E-state index in [4.69, 9.17) is 19.5 Å². The van der Waals surface area contributed by atoms with Crippen molar-refractivity contribution < 1.29 is 28.7 Å². The van der Waals surface area contributed by atoms with Crippen LogP contribution in [-0.4, -0.2) is 94.9 Å². The van der Waals surface area contributed by atoms with E-state index in [1.165, 1.54) is 14.2 Å². The van der Waals surface area contributed by atoms with Crippen LogP contribution in [0.3, 0.4) is 0 Å². The lowest BCUT2D eigenvalue weighted by Crippen LogP contribution is -2.56. The molecule has 4 atom stereocenters. The summed E-state index contributed by atoms with van der Waals surface area (Å²) in [7, 11) is 2.58. The zero-order chi connectivity index (χ0) is 38.0. The SMILES string of the molecule is COC(=O)N[C@H](C(=O)N1CCC[C@H]1c1nc2ccc(C#Cc3ccc4c(c3)N=C([C@@H]3CCCN3C(=O)[C@@H](NC(=O)OC)C(C)(C)C)C4)cc2[nH]1)C(C)C. The second-order valence-corrected chi connectivity index (χ2v) is 15.4. The van der Waals surface area contributed by atoms with Crippen molar-refractivity contribution in [3.8, 4) is 11.8 Å². The van der Waals surface area contributed by atoms with E-state index in [1.807, 2.05) is 69.9 Å². The predicted octanol–water partition coefficient (Wildman–Crippen LogP) is 5.40. The summed E-state index contributed by atoms with van der Waals surface area (Å²) in [6.07, 6.45) is 2.69. The van der Waals surface area contributed by atoms with E-state index in [-0.39, 0.29) is 29.8 Å². The van der Waals surface area contributed by atoms with Crippen LogP contribution in [-0.2, 0) is 25.5 Å². The number of hydrogen-bond acceptors (Lipinski definition) is 8. The zero-order valence-corrected chi connectivity index (χ0v) is 31.5. The molecule has 0 saturated carbocycles. The topological polar surface area (TPSA) is 158 Å². The number of imidazole rings is 1. The lowest BCUT2D eigenvalue weighted by atomic mass is 9.85. The van der Waals surface area contributed by atoms with E-state index in [0.29, 0.717) is 25.3 Å². The van der Waals surface area contributed by atoms with Gasteiger partial charge in [0.25, 0.3) is 0 Å². The maximum Gasteiger partial charge on any atom is 0.407 e. The van der Waals surface area contributed by atoms with Crippen LogP contribution in [0.4, 0.5) is 15.3 Å². The van der Waals surface area contributed by atoms with Crippen LogP contribution < -0.4 is 10.6 Å². The number of hydrogen-bond donors (Lipinski definition) is 3. The molecule has 13 heteroatoms. The van der Waals surface area contributed by atoms with Gasteiger partial charge in [-0.25, -0.2) is 14.6 Å². The van der Waals surface area contributed by atoms with Crippen molar-refractivity contribution in [2.45, 2.75) is 90.9 Å². The van der Waals surface area contributed by atoms with Gasteiger partial charge in [-0.2, -0.15) is 0 Å². The number of rotatable bonds is 7. The second kappa shape index (κ2) is 15.3. The van der Waals surface area contributed by atoms with Gasteiger partial charge in [-0.05, 0) is 72.9 Å². The number of aromatic amines is 1. The number of likely N-dealkylation sites (tertiary alicyclic amines) is 2. The average Bonchev–Trinajstić information content (AvgIpc) is 3.95. The summed E-state index contributed by atoms with van der Waals surface area (Å²) in [6, 6.07) is 10.1. The second-order valence-electron chi connectivity index (χ2n) is 15.4. The molecule has 13 nitrogen and oxygen atoms in total. The molecule has 2 fully saturated rings. The van der Waals surface area contributed by atoms with E-state index >= 15 is 0 Å². The Labute approximate surface area is 310 Å². The first-order chi connectivity index (χ1) is 25.3. The van der Waals surface area contributed by atoms with Crippen LogP contribution in [0.5, 0.6) is 0 Å². The first kappa shape index (κ1) is 37.4. The largest absolute Gasteiger partial charge is 0.453 e. The Morgan fingerprint density at radius 1 is 0.868 bits per heavy atom. The van der Waals surface area contributed by atoms with Gasteiger partial charge in [-0.3, -0.25) is 14.6 Å². The number of amides is 4. The molecule has 0 unspecified atom stereocenters. The molecule has 53 heavy (non-hydrogen) atoms. The van der Waals surface area contributed by atoms with Crippen LogP contribution in [0.2, 0.25) is 0 Å². The summed E-state index contributed by atoms with van der Waals surface area (Å²) in [5.41, 5.74) is 5.65. The highest BCUT2D eigenvalue weighted by molar-refractivity contribution is 6.01. The van der Waals surface area contributed by atoms with Gasteiger partial charge >= 0.3 is 12.2 Å². The fourth-order valence-electron chi connectivity index (χ4n) is 7.45. The number of alkyl carbamates (subject to hydrolysis) is 2. The maximum atomic E-state index is 13.8. The summed E-state index contributed by atoms with van der Waals surface area (Å²) >= 11 is 0. The summed E-state index contributed by atoms with van der Waals surface area (Å²) in [4.78, 5) is 68.3. The molecule has 2 aromatic carbocycles. The summed E-state index contributed by atoms with van der Waals surface area (Å²) in [5.74, 6) is 6.87. The van der Waals surface area contributed by atoms with Gasteiger partial charge in [0, 0.05) is 36.3 Å². The van der Waals surface area contributed by atoms with E-state index in [0.717, 1.165) is 64.8 Å². The number of nitrogens with one attached hydrogen (secondary N) is 3. The van der Waals surface area contributed by atoms with Crippen molar-refractivity contribution >= 4 is 46.4 Å². The first-order valence-electron chi connectivity index (χ1n) is 18.3. The molecule has 3 aliphatic heterocycles. The predicted molar refractivity (Wildman–Crippen MR) is 201 cm³/mol. The van der Waals surface area contributed by atoms with Gasteiger partial charge in [-0.15, -0.1) is 0 Å². The number of fused-ring (bicyclic) bond motifs is 2. The van der Waals surface area contributed by atoms with E-state index in [9.17, 15) is 19.2 Å². The Morgan fingerprint density at radius 3 is 2.15 bits per heavy atom. The monoisotopic (exact) mass is 723 g/mol. The number of aliphatic imine (C=N–C) groups is 1. The van der Waals surface area contributed by atoms with Crippen molar-refractivity contribution in [3.05, 3.63) is 58.9 Å². The molecule has 0 radical (unpaired) electrons. The quantitative estimate of drug-likeness (QED) is 0.276. The Morgan fingerprint density at radius 2 is 1.49 bits per heavy atom. The third kappa shape index (κ3) is 8.01. The number of aromatic nitrogens is 2. The molecule has 4 amide bonds. The minimum Gasteiger partial charge on any atom is -0.453 e. The fourth-order valence-corrected chi connectivity index (χ4v) is 7.45. The minimum absolute atomic E-state index is 0.114. The number of H-pyrrole nitrogens is 1. The highest BCUT2D eigenvalue weighted by Crippen LogP contribution is 2.35. The average molecular weight is 724 g/mol. The highest BCUT2D eigenvalue weighted by atomic mass is 16.5. The number of ether oxygens (including phenoxy) is 2. The maximum absolute atomic E-state index is 13.8. The molecule has 3 aliphatic rings. The van der Waals surface area contributed by atoms with Crippen molar-refractivity contribution in [2.75, 3.05) is 27.3 Å². The Hall–Kier alpha value is -5.38. The van der Waals surface area contributed by atoms with E-state index in [2.05, 4.69) is 33.5 Å². The van der Waals surface area contributed by atoms with Gasteiger partial charge in [0.1, 0.15) is 17.9 Å². The molecular formula is C40H49N7O6. The smallest absolute Gasteiger partial charge is 0.407 e. The number of carbonyl (C=O) groups is 4. The molecule has 0 bridgehead atoms. The van der Waals surface area contributed by atoms with Crippen LogP contribution in [0.25, 0.3) is 11.0 Å². The minimum atomic E-state index is -0.727. The van der Waals surface area contributed by atoms with E-state index in [1.54, 1.807) is 4.90 Å². The Kier molecular flexibility index (Phi) is 10.8. The van der Waals surface area contributed by atoms with Gasteiger partial charge < -0.3 is 34.9 Å². The summed E-state index contributed by atoms with van der Waals surface area (Å²) in [6.45, 7) is 10.8. The molecule has 3 aromatic rings. The fraction of sp³-hybridized carbons (Fsp3) is 0.500. The summed E-state index contributed by atoms with van der Waals surface area (Å²) in [5, 5.41) is 5.44. The third-order valence-electron chi connectivity index (χ3n) is 10.3. The van der Waals surface area contributed by atoms with Crippen molar-refractivity contribution in [3.63, 3.8) is 0 Å². The number of nitrogens with zero attached hydrogens (tertiary/aromatic N) is 4. The normalized spacial score (nSPS) is 19.3. The van der Waals surface area contributed by atoms with Crippen molar-refractivity contribution in [1.29, 1.82) is 0 Å². The molecule has 4 heterocycles. The Balaban J connectivity index is 1.16. The number of benzene rings is 2. The number of carbonyl (C=O) groups excluding carboxylic acids is 4. The van der Waals surface area contributed by atoms with Crippen molar-refractivity contribution in [1.82, 2.24) is 30.4 Å². The molecule has 280 valence electrons. The summed E-state index contributed by atoms with van der Waals surface area (Å²) < 4.78 is 9.56. The standard InChI is InChI=1S/C40H49N7O6/c1-23(2)33(44-38(50)52-6)36(48)47-19-9-11-32(47)35-42-27-17-15-25(21-29(27)43-35)13-12-24-14-16-26-22-30(41-28(26)20-24)31-10-8-18-46(31)37(49)34(40(3,4)5)45-39(51)53-7/h14-17,20-21,23,31-34H,8-11,18-19,22H2,1-7H3,(H,42,43)(H,44,50)(H,45,51)/t31-,32-,33-,34+/m0/s1. The van der Waals surface area contributed by atoms with Gasteiger partial charge in [-0.1, -0.05) is 52.5 Å². The van der Waals surface area contributed by atoms with Crippen LogP contribution in [0.1, 0.15) is 88.9 Å². The highest BCUT2D eigenvalue weighted by Gasteiger charge is 2.42. The molecule has 3 N–H and O–H groups in total. The molecule has 1 aromatic heterocycles. The third-order valence-corrected chi connectivity index (χ3v) is 10.3. The van der Waals surface area contributed by atoms with Crippen LogP contribution >= 0.6 is 0 Å². The molecule has 0 aliphatic carbocycles. The Bertz CT molecular complexity index is 2000. The van der Waals surface area contributed by atoms with Crippen molar-refractivity contribution in [2.24, 2.45) is 16.3 Å². The lowest BCUT2D eigenvalue weighted by Gasteiger charge is -2.35. The van der Waals surface area contributed by atoms with Gasteiger partial charge in [0.2, 0.25) is 11.8 Å². The zero-order valence-electron chi connectivity index (χ0n) is 31.5. The van der Waals surface area contributed by atoms with Gasteiger partial charge in [0.05, 0.1) is 43.0 Å². The molecule has 0 spiro atoms. The molecule has 2 saturated heterocycles. The molecule has 6 rings (SSSR count).